The zero-order valence-electron chi connectivity index (χ0n) is 11.4. The third-order valence-corrected chi connectivity index (χ3v) is 3.58. The number of ether oxygens (including phenoxy) is 1. The number of hydrogen-bond acceptors (Lipinski definition) is 3. The molecule has 0 spiro atoms. The molecule has 0 aliphatic carbocycles. The van der Waals surface area contributed by atoms with Crippen LogP contribution >= 0.6 is 0 Å². The smallest absolute Gasteiger partial charge is 0.235 e. The molecule has 0 saturated carbocycles. The van der Waals surface area contributed by atoms with E-state index in [1.54, 1.807) is 0 Å². The minimum absolute atomic E-state index is 0.420. The highest BCUT2D eigenvalue weighted by Crippen LogP contribution is 2.23. The van der Waals surface area contributed by atoms with E-state index in [9.17, 15) is 0 Å². The van der Waals surface area contributed by atoms with Crippen molar-refractivity contribution in [1.82, 2.24) is 14.7 Å². The van der Waals surface area contributed by atoms with E-state index in [0.29, 0.717) is 12.6 Å². The summed E-state index contributed by atoms with van der Waals surface area (Å²) in [5.41, 5.74) is 2.39. The lowest BCUT2D eigenvalue weighted by molar-refractivity contribution is 0.153. The van der Waals surface area contributed by atoms with E-state index in [0.717, 1.165) is 12.4 Å². The Hall–Kier alpha value is -1.03. The Bertz CT molecular complexity index is 382. The van der Waals surface area contributed by atoms with E-state index in [4.69, 9.17) is 4.74 Å². The maximum absolute atomic E-state index is 5.55. The van der Waals surface area contributed by atoms with Crippen LogP contribution < -0.4 is 4.74 Å². The number of likely N-dealkylation sites (tertiary alicyclic amines) is 1. The molecule has 1 aromatic rings. The first-order chi connectivity index (χ1) is 8.13. The van der Waals surface area contributed by atoms with Crippen LogP contribution in [0.2, 0.25) is 0 Å². The molecule has 2 rings (SSSR count). The summed E-state index contributed by atoms with van der Waals surface area (Å²) < 4.78 is 7.66. The summed E-state index contributed by atoms with van der Waals surface area (Å²) in [6.07, 6.45) is 1.34. The molecule has 1 aliphatic rings. The molecule has 0 amide bonds. The summed E-state index contributed by atoms with van der Waals surface area (Å²) in [7, 11) is 0. The summed E-state index contributed by atoms with van der Waals surface area (Å²) in [5, 5.41) is 4.58. The van der Waals surface area contributed by atoms with Gasteiger partial charge in [0.2, 0.25) is 5.88 Å². The first-order valence-corrected chi connectivity index (χ1v) is 6.54. The molecule has 0 aromatic carbocycles. The van der Waals surface area contributed by atoms with Gasteiger partial charge in [0.05, 0.1) is 12.6 Å². The maximum Gasteiger partial charge on any atom is 0.235 e. The lowest BCUT2D eigenvalue weighted by Gasteiger charge is -2.33. The summed E-state index contributed by atoms with van der Waals surface area (Å²) in [6, 6.07) is 0.420. The Kier molecular flexibility index (Phi) is 3.72. The van der Waals surface area contributed by atoms with Crippen LogP contribution in [0.1, 0.15) is 37.6 Å². The minimum Gasteiger partial charge on any atom is -0.477 e. The topological polar surface area (TPSA) is 30.3 Å². The molecule has 17 heavy (non-hydrogen) atoms. The molecular weight excluding hydrogens is 214 g/mol. The first kappa shape index (κ1) is 12.4. The Morgan fingerprint density at radius 2 is 2.06 bits per heavy atom. The second-order valence-electron chi connectivity index (χ2n) is 4.90. The Balaban J connectivity index is 2.10. The van der Waals surface area contributed by atoms with Crippen LogP contribution in [-0.4, -0.2) is 40.9 Å². The fraction of sp³-hybridized carbons (Fsp3) is 0.769. The van der Waals surface area contributed by atoms with Gasteiger partial charge in [-0.15, -0.1) is 5.10 Å². The molecule has 1 aliphatic heterocycles. The van der Waals surface area contributed by atoms with Crippen molar-refractivity contribution in [2.45, 2.75) is 40.2 Å². The van der Waals surface area contributed by atoms with Crippen molar-refractivity contribution in [3.8, 4) is 5.88 Å². The van der Waals surface area contributed by atoms with Gasteiger partial charge < -0.3 is 9.64 Å². The molecule has 4 nitrogen and oxygen atoms in total. The van der Waals surface area contributed by atoms with E-state index in [2.05, 4.69) is 35.5 Å². The summed E-state index contributed by atoms with van der Waals surface area (Å²) >= 11 is 0. The van der Waals surface area contributed by atoms with E-state index in [-0.39, 0.29) is 0 Å². The molecule has 1 fully saturated rings. The van der Waals surface area contributed by atoms with E-state index in [1.165, 1.54) is 30.8 Å². The average Bonchev–Trinajstić information content (AvgIpc) is 2.52. The molecular formula is C13H23N3O. The predicted octanol–water partition coefficient (Wildman–Crippen LogP) is 2.17. The van der Waals surface area contributed by atoms with Gasteiger partial charge in [0.25, 0.3) is 0 Å². The summed E-state index contributed by atoms with van der Waals surface area (Å²) in [4.78, 5) is 2.47. The number of nitrogens with zero attached hydrogens (tertiary/aromatic N) is 3. The largest absolute Gasteiger partial charge is 0.477 e. The standard InChI is InChI=1S/C13H23N3O/c1-5-17-13-11(3)12(4)16(14-13)10(2)9-15-7-6-8-15/h10H,5-9H2,1-4H3/t10-/m0/s1. The van der Waals surface area contributed by atoms with Crippen LogP contribution in [0.25, 0.3) is 0 Å². The predicted molar refractivity (Wildman–Crippen MR) is 68.6 cm³/mol. The summed E-state index contributed by atoms with van der Waals surface area (Å²) in [5.74, 6) is 0.792. The van der Waals surface area contributed by atoms with Crippen LogP contribution in [0, 0.1) is 13.8 Å². The van der Waals surface area contributed by atoms with E-state index in [1.807, 2.05) is 6.92 Å². The monoisotopic (exact) mass is 237 g/mol. The molecule has 0 radical (unpaired) electrons. The van der Waals surface area contributed by atoms with Crippen LogP contribution in [0.4, 0.5) is 0 Å². The Morgan fingerprint density at radius 1 is 1.35 bits per heavy atom. The van der Waals surface area contributed by atoms with Crippen molar-refractivity contribution >= 4 is 0 Å². The van der Waals surface area contributed by atoms with Crippen LogP contribution in [0.5, 0.6) is 5.88 Å². The second kappa shape index (κ2) is 5.08. The minimum atomic E-state index is 0.420. The van der Waals surface area contributed by atoms with Crippen molar-refractivity contribution in [2.75, 3.05) is 26.2 Å². The van der Waals surface area contributed by atoms with Gasteiger partial charge in [0, 0.05) is 17.8 Å². The zero-order chi connectivity index (χ0) is 12.4. The van der Waals surface area contributed by atoms with Gasteiger partial charge in [-0.2, -0.15) is 0 Å². The Morgan fingerprint density at radius 3 is 2.59 bits per heavy atom. The molecule has 0 N–H and O–H groups in total. The van der Waals surface area contributed by atoms with Crippen molar-refractivity contribution < 1.29 is 4.74 Å². The zero-order valence-corrected chi connectivity index (χ0v) is 11.4. The summed E-state index contributed by atoms with van der Waals surface area (Å²) in [6.45, 7) is 12.7. The highest BCUT2D eigenvalue weighted by atomic mass is 16.5. The quantitative estimate of drug-likeness (QED) is 0.786. The van der Waals surface area contributed by atoms with Gasteiger partial charge in [0.1, 0.15) is 0 Å². The van der Waals surface area contributed by atoms with Gasteiger partial charge >= 0.3 is 0 Å². The molecule has 1 aromatic heterocycles. The van der Waals surface area contributed by atoms with E-state index < -0.39 is 0 Å². The van der Waals surface area contributed by atoms with Gasteiger partial charge in [-0.3, -0.25) is 4.68 Å². The fourth-order valence-electron chi connectivity index (χ4n) is 2.29. The van der Waals surface area contributed by atoms with Crippen molar-refractivity contribution in [3.63, 3.8) is 0 Å². The van der Waals surface area contributed by atoms with Gasteiger partial charge in [-0.1, -0.05) is 0 Å². The van der Waals surface area contributed by atoms with Gasteiger partial charge in [-0.25, -0.2) is 0 Å². The molecule has 0 bridgehead atoms. The van der Waals surface area contributed by atoms with Gasteiger partial charge in [-0.05, 0) is 47.2 Å². The first-order valence-electron chi connectivity index (χ1n) is 6.54. The highest BCUT2D eigenvalue weighted by molar-refractivity contribution is 5.29. The van der Waals surface area contributed by atoms with Crippen molar-refractivity contribution in [3.05, 3.63) is 11.3 Å². The van der Waals surface area contributed by atoms with Gasteiger partial charge in [0.15, 0.2) is 0 Å². The van der Waals surface area contributed by atoms with Crippen LogP contribution in [0.15, 0.2) is 0 Å². The lowest BCUT2D eigenvalue weighted by Crippen LogP contribution is -2.40. The highest BCUT2D eigenvalue weighted by Gasteiger charge is 2.21. The van der Waals surface area contributed by atoms with Crippen molar-refractivity contribution in [1.29, 1.82) is 0 Å². The SMILES string of the molecule is CCOc1nn([C@@H](C)CN2CCC2)c(C)c1C. The molecule has 0 unspecified atom stereocenters. The average molecular weight is 237 g/mol. The molecule has 1 saturated heterocycles. The Labute approximate surface area is 104 Å². The van der Waals surface area contributed by atoms with Crippen LogP contribution in [0.3, 0.4) is 0 Å². The molecule has 4 heteroatoms. The van der Waals surface area contributed by atoms with Crippen molar-refractivity contribution in [2.24, 2.45) is 0 Å². The third kappa shape index (κ3) is 2.46. The van der Waals surface area contributed by atoms with Crippen LogP contribution in [-0.2, 0) is 0 Å². The molecule has 1 atom stereocenters. The van der Waals surface area contributed by atoms with E-state index >= 15 is 0 Å². The number of hydrogen-bond donors (Lipinski definition) is 0. The lowest BCUT2D eigenvalue weighted by atomic mass is 10.2. The second-order valence-corrected chi connectivity index (χ2v) is 4.90. The maximum atomic E-state index is 5.55. The molecule has 2 heterocycles. The number of rotatable bonds is 5. The normalized spacial score (nSPS) is 17.9. The molecule has 96 valence electrons. The fourth-order valence-corrected chi connectivity index (χ4v) is 2.29. The third-order valence-electron chi connectivity index (χ3n) is 3.58. The number of aromatic nitrogens is 2.